The molecule has 5 atom stereocenters. The third-order valence-corrected chi connectivity index (χ3v) is 20.7. The summed E-state index contributed by atoms with van der Waals surface area (Å²) in [5.74, 6) is 0.968. The van der Waals surface area contributed by atoms with Gasteiger partial charge in [0.05, 0.1) is 26.4 Å². The van der Waals surface area contributed by atoms with Gasteiger partial charge in [-0.05, 0) is 49.4 Å². The van der Waals surface area contributed by atoms with Gasteiger partial charge in [0.1, 0.15) is 19.3 Å². The molecule has 0 heterocycles. The van der Waals surface area contributed by atoms with Crippen molar-refractivity contribution in [2.75, 3.05) is 39.6 Å². The van der Waals surface area contributed by atoms with E-state index in [9.17, 15) is 43.2 Å². The van der Waals surface area contributed by atoms with Gasteiger partial charge < -0.3 is 33.8 Å². The summed E-state index contributed by atoms with van der Waals surface area (Å²) >= 11 is 0. The minimum atomic E-state index is -4.96. The Morgan fingerprint density at radius 2 is 0.420 bits per heavy atom. The molecule has 0 fully saturated rings. The predicted octanol–water partition coefficient (Wildman–Crippen LogP) is 24.0. The Labute approximate surface area is 613 Å². The first-order chi connectivity index (χ1) is 48.1. The van der Waals surface area contributed by atoms with E-state index < -0.39 is 97.5 Å². The molecule has 0 rings (SSSR count). The lowest BCUT2D eigenvalue weighted by atomic mass is 10.0. The Morgan fingerprint density at radius 3 is 0.620 bits per heavy atom. The fourth-order valence-electron chi connectivity index (χ4n) is 12.4. The number of carbonyl (C=O) groups is 4. The molecule has 3 unspecified atom stereocenters. The number of unbranched alkanes of at least 4 members (excludes halogenated alkanes) is 44. The zero-order valence-electron chi connectivity index (χ0n) is 65.8. The van der Waals surface area contributed by atoms with Gasteiger partial charge >= 0.3 is 39.5 Å². The molecule has 0 aliphatic carbocycles. The molecule has 0 saturated heterocycles. The fourth-order valence-corrected chi connectivity index (χ4v) is 14.0. The first kappa shape index (κ1) is 98.1. The predicted molar refractivity (Wildman–Crippen MR) is 409 cm³/mol. The molecule has 594 valence electrons. The molecule has 0 aromatic heterocycles. The normalized spacial score (nSPS) is 14.0. The topological polar surface area (TPSA) is 237 Å². The summed E-state index contributed by atoms with van der Waals surface area (Å²) in [4.78, 5) is 73.0. The number of esters is 4. The van der Waals surface area contributed by atoms with Crippen molar-refractivity contribution in [2.45, 2.75) is 433 Å². The highest BCUT2D eigenvalue weighted by molar-refractivity contribution is 7.47. The monoisotopic (exact) mass is 1470 g/mol. The van der Waals surface area contributed by atoms with Gasteiger partial charge in [-0.15, -0.1) is 0 Å². The number of hydrogen-bond donors (Lipinski definition) is 3. The summed E-state index contributed by atoms with van der Waals surface area (Å²) in [6.45, 7) is 14.2. The highest BCUT2D eigenvalue weighted by Crippen LogP contribution is 2.45. The number of aliphatic hydroxyl groups excluding tert-OH is 1. The van der Waals surface area contributed by atoms with Crippen LogP contribution in [0, 0.1) is 23.7 Å². The third-order valence-electron chi connectivity index (χ3n) is 18.8. The second kappa shape index (κ2) is 70.1. The van der Waals surface area contributed by atoms with Crippen molar-refractivity contribution in [1.29, 1.82) is 0 Å². The number of carbonyl (C=O) groups excluding carboxylic acids is 4. The summed E-state index contributed by atoms with van der Waals surface area (Å²) in [5, 5.41) is 10.6. The molecule has 0 spiro atoms. The Balaban J connectivity index is 5.23. The quantitative estimate of drug-likeness (QED) is 0.0222. The summed E-state index contributed by atoms with van der Waals surface area (Å²) in [6.07, 6.45) is 56.9. The van der Waals surface area contributed by atoms with Crippen LogP contribution in [0.4, 0.5) is 0 Å². The molecule has 100 heavy (non-hydrogen) atoms. The van der Waals surface area contributed by atoms with Crippen LogP contribution in [0.2, 0.25) is 0 Å². The van der Waals surface area contributed by atoms with Crippen LogP contribution < -0.4 is 0 Å². The molecule has 0 aliphatic heterocycles. The van der Waals surface area contributed by atoms with Crippen LogP contribution >= 0.6 is 15.6 Å². The average molecular weight is 1470 g/mol. The van der Waals surface area contributed by atoms with E-state index in [0.717, 1.165) is 114 Å². The van der Waals surface area contributed by atoms with Crippen LogP contribution in [-0.4, -0.2) is 96.7 Å². The molecule has 0 radical (unpaired) electrons. The number of ether oxygens (including phenoxy) is 4. The summed E-state index contributed by atoms with van der Waals surface area (Å²) in [6, 6.07) is 0. The van der Waals surface area contributed by atoms with Crippen molar-refractivity contribution >= 4 is 39.5 Å². The largest absolute Gasteiger partial charge is 0.472 e. The lowest BCUT2D eigenvalue weighted by molar-refractivity contribution is -0.161. The van der Waals surface area contributed by atoms with E-state index in [1.807, 2.05) is 0 Å². The summed E-state index contributed by atoms with van der Waals surface area (Å²) < 4.78 is 68.7. The Kier molecular flexibility index (Phi) is 68.7. The van der Waals surface area contributed by atoms with Gasteiger partial charge in [0.2, 0.25) is 0 Å². The number of rotatable bonds is 78. The number of phosphoric ester groups is 2. The maximum absolute atomic E-state index is 13.1. The van der Waals surface area contributed by atoms with Crippen molar-refractivity contribution in [2.24, 2.45) is 23.7 Å². The van der Waals surface area contributed by atoms with Crippen molar-refractivity contribution in [3.05, 3.63) is 0 Å². The van der Waals surface area contributed by atoms with E-state index in [4.69, 9.17) is 37.0 Å². The Hall–Kier alpha value is -1.94. The van der Waals surface area contributed by atoms with Gasteiger partial charge in [-0.3, -0.25) is 37.3 Å². The zero-order chi connectivity index (χ0) is 73.8. The van der Waals surface area contributed by atoms with Crippen molar-refractivity contribution in [3.8, 4) is 0 Å². The standard InChI is InChI=1S/C81H158O17P2/c1-71(2)57-49-41-33-26-20-14-11-9-10-12-16-24-30-38-47-55-63-81(86)98-77(68-92-79(84)62-54-46-40-32-36-44-52-60-74(7)8)70-96-100(89,90)94-66-75(82)65-93-99(87,88)95-69-76(67-91-78(83)61-53-45-37-29-23-19-18-22-28-35-43-51-59-73(5)6)97-80(85)64-56-48-39-31-25-17-13-15-21-27-34-42-50-58-72(3)4/h71-77,82H,9-70H2,1-8H3,(H,87,88)(H,89,90)/t75?,76-,77-/m1/s1. The van der Waals surface area contributed by atoms with Crippen molar-refractivity contribution in [3.63, 3.8) is 0 Å². The second-order valence-electron chi connectivity index (χ2n) is 31.1. The van der Waals surface area contributed by atoms with Crippen LogP contribution in [0.3, 0.4) is 0 Å². The van der Waals surface area contributed by atoms with E-state index >= 15 is 0 Å². The Morgan fingerprint density at radius 1 is 0.250 bits per heavy atom. The van der Waals surface area contributed by atoms with Crippen LogP contribution in [0.5, 0.6) is 0 Å². The molecule has 0 bridgehead atoms. The first-order valence-corrected chi connectivity index (χ1v) is 44.7. The lowest BCUT2D eigenvalue weighted by Crippen LogP contribution is -2.30. The summed E-state index contributed by atoms with van der Waals surface area (Å²) in [7, 11) is -9.92. The number of hydrogen-bond acceptors (Lipinski definition) is 15. The van der Waals surface area contributed by atoms with E-state index in [1.165, 1.54) is 212 Å². The highest BCUT2D eigenvalue weighted by atomic mass is 31.2. The van der Waals surface area contributed by atoms with Crippen LogP contribution in [-0.2, 0) is 65.4 Å². The van der Waals surface area contributed by atoms with Crippen molar-refractivity contribution in [1.82, 2.24) is 0 Å². The second-order valence-corrected chi connectivity index (χ2v) is 34.0. The summed E-state index contributed by atoms with van der Waals surface area (Å²) in [5.41, 5.74) is 0. The molecular formula is C81H158O17P2. The molecule has 0 aromatic rings. The first-order valence-electron chi connectivity index (χ1n) is 41.7. The molecule has 19 heteroatoms. The van der Waals surface area contributed by atoms with E-state index in [-0.39, 0.29) is 25.7 Å². The lowest BCUT2D eigenvalue weighted by Gasteiger charge is -2.21. The zero-order valence-corrected chi connectivity index (χ0v) is 67.6. The minimum absolute atomic E-state index is 0.107. The number of phosphoric acid groups is 2. The van der Waals surface area contributed by atoms with Crippen LogP contribution in [0.25, 0.3) is 0 Å². The molecule has 0 amide bonds. The SMILES string of the molecule is CC(C)CCCCCCCCCCCCCCCCCCC(=O)O[C@H](COC(=O)CCCCCCCCCC(C)C)COP(=O)(O)OCC(O)COP(=O)(O)OC[C@@H](COC(=O)CCCCCCCCCCCCCCC(C)C)OC(=O)CCCCCCCCCCCCCCCC(C)C. The van der Waals surface area contributed by atoms with Gasteiger partial charge in [-0.1, -0.05) is 364 Å². The molecule has 3 N–H and O–H groups in total. The van der Waals surface area contributed by atoms with Gasteiger partial charge in [0.25, 0.3) is 0 Å². The van der Waals surface area contributed by atoms with Crippen LogP contribution in [0.15, 0.2) is 0 Å². The average Bonchev–Trinajstić information content (AvgIpc) is 0.944. The maximum Gasteiger partial charge on any atom is 0.472 e. The van der Waals surface area contributed by atoms with Gasteiger partial charge in [0, 0.05) is 25.7 Å². The maximum atomic E-state index is 13.1. The molecule has 0 saturated carbocycles. The molecule has 0 aliphatic rings. The molecular weight excluding hydrogens is 1310 g/mol. The Bertz CT molecular complexity index is 1950. The highest BCUT2D eigenvalue weighted by Gasteiger charge is 2.30. The van der Waals surface area contributed by atoms with Gasteiger partial charge in [-0.2, -0.15) is 0 Å². The molecule has 0 aromatic carbocycles. The molecule has 17 nitrogen and oxygen atoms in total. The third kappa shape index (κ3) is 74.3. The van der Waals surface area contributed by atoms with Gasteiger partial charge in [-0.25, -0.2) is 9.13 Å². The van der Waals surface area contributed by atoms with Gasteiger partial charge in [0.15, 0.2) is 12.2 Å². The number of aliphatic hydroxyl groups is 1. The minimum Gasteiger partial charge on any atom is -0.462 e. The van der Waals surface area contributed by atoms with Crippen LogP contribution in [0.1, 0.15) is 415 Å². The van der Waals surface area contributed by atoms with E-state index in [2.05, 4.69) is 55.4 Å². The van der Waals surface area contributed by atoms with Crippen molar-refractivity contribution < 1.29 is 80.2 Å². The smallest absolute Gasteiger partial charge is 0.462 e. The van der Waals surface area contributed by atoms with E-state index in [1.54, 1.807) is 0 Å². The fraction of sp³-hybridized carbons (Fsp3) is 0.951. The van der Waals surface area contributed by atoms with E-state index in [0.29, 0.717) is 31.6 Å².